The van der Waals surface area contributed by atoms with Crippen LogP contribution in [0.2, 0.25) is 39.3 Å². The Labute approximate surface area is 186 Å². The lowest BCUT2D eigenvalue weighted by Crippen LogP contribution is -2.57. The molecule has 30 heavy (non-hydrogen) atoms. The molecule has 0 aromatic heterocycles. The van der Waals surface area contributed by atoms with Crippen LogP contribution >= 0.6 is 0 Å². The van der Waals surface area contributed by atoms with Crippen molar-refractivity contribution in [3.8, 4) is 0 Å². The van der Waals surface area contributed by atoms with Crippen molar-refractivity contribution in [2.45, 2.75) is 104 Å². The molecule has 0 saturated heterocycles. The molecule has 0 bridgehead atoms. The molecule has 0 heterocycles. The maximum absolute atomic E-state index is 13.6. The number of allylic oxidation sites excluding steroid dienone is 2. The standard InChI is InChI=1S/C25H44O3Si2/c1-24-13-11-18(27-29(3,4)5)15-17(24)16-21(26)23-19-9-10-22(28-30(6,7)8)25(19,2)14-12-20(23)24/h10,17-20,23H,9,11-16H2,1-8H3/t17-,18+,19?,20?,23?,24+,25+/m1/s1. The van der Waals surface area contributed by atoms with E-state index in [9.17, 15) is 4.79 Å². The van der Waals surface area contributed by atoms with Crippen LogP contribution in [0.1, 0.15) is 58.8 Å². The Balaban J connectivity index is 1.55. The monoisotopic (exact) mass is 448 g/mol. The first-order valence-corrected chi connectivity index (χ1v) is 19.1. The van der Waals surface area contributed by atoms with Gasteiger partial charge in [0.2, 0.25) is 8.32 Å². The second kappa shape index (κ2) is 7.31. The molecule has 0 aliphatic heterocycles. The van der Waals surface area contributed by atoms with Gasteiger partial charge >= 0.3 is 0 Å². The van der Waals surface area contributed by atoms with Gasteiger partial charge in [0.1, 0.15) is 5.78 Å². The van der Waals surface area contributed by atoms with Gasteiger partial charge in [-0.3, -0.25) is 4.79 Å². The summed E-state index contributed by atoms with van der Waals surface area (Å²) in [7, 11) is -3.17. The maximum atomic E-state index is 13.6. The summed E-state index contributed by atoms with van der Waals surface area (Å²) in [5.41, 5.74) is 0.375. The molecule has 170 valence electrons. The smallest absolute Gasteiger partial charge is 0.241 e. The molecule has 4 aliphatic carbocycles. The normalized spacial score (nSPS) is 44.1. The van der Waals surface area contributed by atoms with E-state index < -0.39 is 16.6 Å². The van der Waals surface area contributed by atoms with E-state index in [-0.39, 0.29) is 11.3 Å². The predicted octanol–water partition coefficient (Wildman–Crippen LogP) is 6.77. The van der Waals surface area contributed by atoms with E-state index in [4.69, 9.17) is 8.85 Å². The fourth-order valence-corrected chi connectivity index (χ4v) is 9.72. The Kier molecular flexibility index (Phi) is 5.55. The van der Waals surface area contributed by atoms with Crippen molar-refractivity contribution in [2.75, 3.05) is 0 Å². The van der Waals surface area contributed by atoms with Gasteiger partial charge in [-0.25, -0.2) is 0 Å². The molecular weight excluding hydrogens is 404 g/mol. The van der Waals surface area contributed by atoms with Gasteiger partial charge in [-0.05, 0) is 107 Å². The first kappa shape index (κ1) is 22.8. The molecule has 5 heteroatoms. The summed E-state index contributed by atoms with van der Waals surface area (Å²) < 4.78 is 13.1. The highest BCUT2D eigenvalue weighted by Gasteiger charge is 2.62. The topological polar surface area (TPSA) is 35.5 Å². The highest BCUT2D eigenvalue weighted by molar-refractivity contribution is 6.70. The Bertz CT molecular complexity index is 734. The molecule has 0 radical (unpaired) electrons. The minimum atomic E-state index is -1.64. The molecule has 4 rings (SSSR count). The number of hydrogen-bond acceptors (Lipinski definition) is 3. The molecule has 3 nitrogen and oxygen atoms in total. The molecule has 0 N–H and O–H groups in total. The summed E-state index contributed by atoms with van der Waals surface area (Å²) in [6.07, 6.45) is 10.4. The lowest BCUT2D eigenvalue weighted by Gasteiger charge is -2.60. The fraction of sp³-hybridized carbons (Fsp3) is 0.880. The summed E-state index contributed by atoms with van der Waals surface area (Å²) in [5.74, 6) is 3.52. The van der Waals surface area contributed by atoms with E-state index in [1.807, 2.05) is 0 Å². The van der Waals surface area contributed by atoms with Crippen LogP contribution in [0.25, 0.3) is 0 Å². The van der Waals surface area contributed by atoms with Gasteiger partial charge in [0.25, 0.3) is 0 Å². The van der Waals surface area contributed by atoms with Gasteiger partial charge < -0.3 is 8.85 Å². The zero-order valence-electron chi connectivity index (χ0n) is 20.6. The third-order valence-electron chi connectivity index (χ3n) is 8.87. The maximum Gasteiger partial charge on any atom is 0.241 e. The predicted molar refractivity (Wildman–Crippen MR) is 128 cm³/mol. The molecule has 0 spiro atoms. The Hall–Kier alpha value is -0.396. The van der Waals surface area contributed by atoms with Crippen molar-refractivity contribution in [2.24, 2.45) is 34.5 Å². The van der Waals surface area contributed by atoms with Gasteiger partial charge in [0, 0.05) is 23.9 Å². The summed E-state index contributed by atoms with van der Waals surface area (Å²) in [5, 5.41) is 0. The minimum absolute atomic E-state index is 0.0679. The van der Waals surface area contributed by atoms with Crippen LogP contribution in [0.3, 0.4) is 0 Å². The van der Waals surface area contributed by atoms with Gasteiger partial charge in [0.05, 0.1) is 5.76 Å². The number of ketones is 1. The zero-order valence-corrected chi connectivity index (χ0v) is 22.6. The lowest BCUT2D eigenvalue weighted by atomic mass is 9.44. The fourth-order valence-electron chi connectivity index (χ4n) is 7.52. The molecule has 0 aromatic rings. The number of rotatable bonds is 4. The van der Waals surface area contributed by atoms with Crippen LogP contribution in [0.5, 0.6) is 0 Å². The van der Waals surface area contributed by atoms with Crippen LogP contribution in [-0.4, -0.2) is 28.5 Å². The van der Waals surface area contributed by atoms with E-state index in [0.29, 0.717) is 35.1 Å². The third-order valence-corrected chi connectivity index (χ3v) is 10.7. The SMILES string of the molecule is C[C@]12CCC3C(C(=O)C[C@H]4C[C@@H](O[Si](C)(C)C)CC[C@]34C)C1CC=C2O[Si](C)(C)C. The third kappa shape index (κ3) is 3.92. The van der Waals surface area contributed by atoms with Crippen molar-refractivity contribution < 1.29 is 13.6 Å². The quantitative estimate of drug-likeness (QED) is 0.445. The van der Waals surface area contributed by atoms with Crippen LogP contribution in [0.15, 0.2) is 11.8 Å². The number of carbonyl (C=O) groups is 1. The van der Waals surface area contributed by atoms with Crippen molar-refractivity contribution in [1.29, 1.82) is 0 Å². The van der Waals surface area contributed by atoms with Gasteiger partial charge in [-0.15, -0.1) is 0 Å². The van der Waals surface area contributed by atoms with Crippen molar-refractivity contribution in [3.63, 3.8) is 0 Å². The summed E-state index contributed by atoms with van der Waals surface area (Å²) in [6, 6.07) is 0. The summed E-state index contributed by atoms with van der Waals surface area (Å²) >= 11 is 0. The summed E-state index contributed by atoms with van der Waals surface area (Å²) in [4.78, 5) is 13.6. The van der Waals surface area contributed by atoms with Crippen molar-refractivity contribution in [3.05, 3.63) is 11.8 Å². The molecule has 4 aliphatic rings. The number of carbonyl (C=O) groups excluding carboxylic acids is 1. The largest absolute Gasteiger partial charge is 0.547 e. The van der Waals surface area contributed by atoms with E-state index in [1.54, 1.807) is 0 Å². The number of hydrogen-bond donors (Lipinski definition) is 0. The average molecular weight is 449 g/mol. The molecular formula is C25H44O3Si2. The van der Waals surface area contributed by atoms with E-state index in [0.717, 1.165) is 19.3 Å². The molecule has 3 saturated carbocycles. The van der Waals surface area contributed by atoms with Crippen LogP contribution in [0.4, 0.5) is 0 Å². The molecule has 3 unspecified atom stereocenters. The highest BCUT2D eigenvalue weighted by Crippen LogP contribution is 2.65. The van der Waals surface area contributed by atoms with Gasteiger partial charge in [0.15, 0.2) is 8.32 Å². The number of Topliss-reactive ketones (excluding diaryl/α,β-unsaturated/α-hetero) is 1. The summed E-state index contributed by atoms with van der Waals surface area (Å²) in [6.45, 7) is 18.6. The van der Waals surface area contributed by atoms with Crippen molar-refractivity contribution in [1.82, 2.24) is 0 Å². The van der Waals surface area contributed by atoms with Crippen LogP contribution in [-0.2, 0) is 13.6 Å². The Morgan fingerprint density at radius 1 is 0.967 bits per heavy atom. The zero-order chi connectivity index (χ0) is 22.1. The Morgan fingerprint density at radius 3 is 2.30 bits per heavy atom. The lowest BCUT2D eigenvalue weighted by molar-refractivity contribution is -0.157. The number of fused-ring (bicyclic) bond motifs is 5. The van der Waals surface area contributed by atoms with Crippen LogP contribution in [0, 0.1) is 34.5 Å². The highest BCUT2D eigenvalue weighted by atomic mass is 28.4. The molecule has 3 fully saturated rings. The second-order valence-corrected chi connectivity index (χ2v) is 22.1. The average Bonchev–Trinajstić information content (AvgIpc) is 2.90. The Morgan fingerprint density at radius 2 is 1.67 bits per heavy atom. The first-order chi connectivity index (χ1) is 13.7. The van der Waals surface area contributed by atoms with Gasteiger partial charge in [-0.1, -0.05) is 13.8 Å². The molecule has 0 amide bonds. The minimum Gasteiger partial charge on any atom is -0.547 e. The second-order valence-electron chi connectivity index (χ2n) is 13.2. The van der Waals surface area contributed by atoms with E-state index in [1.165, 1.54) is 31.4 Å². The van der Waals surface area contributed by atoms with Gasteiger partial charge in [-0.2, -0.15) is 0 Å². The first-order valence-electron chi connectivity index (χ1n) is 12.3. The van der Waals surface area contributed by atoms with E-state index in [2.05, 4.69) is 59.2 Å². The van der Waals surface area contributed by atoms with Crippen LogP contribution < -0.4 is 0 Å². The van der Waals surface area contributed by atoms with Crippen molar-refractivity contribution >= 4 is 22.4 Å². The molecule has 7 atom stereocenters. The molecule has 0 aromatic carbocycles. The van der Waals surface area contributed by atoms with E-state index >= 15 is 0 Å².